The Bertz CT molecular complexity index is 501. The van der Waals surface area contributed by atoms with Gasteiger partial charge in [0.25, 0.3) is 0 Å². The van der Waals surface area contributed by atoms with Crippen LogP contribution in [-0.4, -0.2) is 30.4 Å². The zero-order valence-electron chi connectivity index (χ0n) is 12.1. The molecule has 2 unspecified atom stereocenters. The Morgan fingerprint density at radius 1 is 1.41 bits per heavy atom. The Kier molecular flexibility index (Phi) is 6.98. The number of nitrogens with two attached hydrogens (primary N) is 1. The Hall–Kier alpha value is -0.500. The predicted molar refractivity (Wildman–Crippen MR) is 85.1 cm³/mol. The molecule has 0 aromatic heterocycles. The van der Waals surface area contributed by atoms with Crippen LogP contribution in [0.15, 0.2) is 22.7 Å². The normalized spacial score (nSPS) is 22.5. The van der Waals surface area contributed by atoms with Gasteiger partial charge in [0.1, 0.15) is 5.75 Å². The summed E-state index contributed by atoms with van der Waals surface area (Å²) in [5.74, 6) is 0.275. The van der Waals surface area contributed by atoms with Crippen LogP contribution in [0.5, 0.6) is 5.75 Å². The van der Waals surface area contributed by atoms with Crippen molar-refractivity contribution in [3.63, 3.8) is 0 Å². The molecule has 1 saturated heterocycles. The maximum Gasteiger partial charge on any atom is 0.573 e. The standard InChI is InChI=1S/C14H18BrF3N2O.ClH/c1-9-4-11(6-19)8-20(9)7-10-2-3-13(12(15)5-10)21-14(16,17)18;/h2-3,5,9,11H,4,6-8,19H2,1H3;1H. The smallest absolute Gasteiger partial charge is 0.405 e. The van der Waals surface area contributed by atoms with E-state index in [4.69, 9.17) is 5.73 Å². The van der Waals surface area contributed by atoms with Crippen LogP contribution in [0.25, 0.3) is 0 Å². The van der Waals surface area contributed by atoms with E-state index >= 15 is 0 Å². The highest BCUT2D eigenvalue weighted by Crippen LogP contribution is 2.32. The van der Waals surface area contributed by atoms with Gasteiger partial charge in [-0.3, -0.25) is 4.90 Å². The minimum absolute atomic E-state index is 0. The molecule has 1 fully saturated rings. The number of benzene rings is 1. The van der Waals surface area contributed by atoms with Gasteiger partial charge in [-0.25, -0.2) is 0 Å². The van der Waals surface area contributed by atoms with Crippen molar-refractivity contribution < 1.29 is 17.9 Å². The molecular formula is C14H19BrClF3N2O. The van der Waals surface area contributed by atoms with Crippen molar-refractivity contribution in [2.45, 2.75) is 32.3 Å². The van der Waals surface area contributed by atoms with Gasteiger partial charge < -0.3 is 10.5 Å². The monoisotopic (exact) mass is 402 g/mol. The Morgan fingerprint density at radius 3 is 2.59 bits per heavy atom. The SMILES string of the molecule is CC1CC(CN)CN1Cc1ccc(OC(F)(F)F)c(Br)c1.Cl. The van der Waals surface area contributed by atoms with Gasteiger partial charge in [-0.1, -0.05) is 6.07 Å². The summed E-state index contributed by atoms with van der Waals surface area (Å²) in [5, 5.41) is 0. The number of alkyl halides is 3. The van der Waals surface area contributed by atoms with E-state index in [2.05, 4.69) is 32.5 Å². The first-order valence-electron chi connectivity index (χ1n) is 6.77. The molecule has 0 bridgehead atoms. The molecule has 0 aliphatic carbocycles. The van der Waals surface area contributed by atoms with Gasteiger partial charge in [0.2, 0.25) is 0 Å². The van der Waals surface area contributed by atoms with Crippen molar-refractivity contribution in [1.29, 1.82) is 0 Å². The summed E-state index contributed by atoms with van der Waals surface area (Å²) >= 11 is 3.13. The van der Waals surface area contributed by atoms with Gasteiger partial charge in [-0.15, -0.1) is 25.6 Å². The number of likely N-dealkylation sites (tertiary alicyclic amines) is 1. The zero-order valence-corrected chi connectivity index (χ0v) is 14.5. The minimum atomic E-state index is -4.68. The first-order valence-corrected chi connectivity index (χ1v) is 7.56. The number of hydrogen-bond acceptors (Lipinski definition) is 3. The highest BCUT2D eigenvalue weighted by Gasteiger charge is 2.32. The molecular weight excluding hydrogens is 385 g/mol. The molecule has 0 radical (unpaired) electrons. The van der Waals surface area contributed by atoms with Gasteiger partial charge in [0.05, 0.1) is 4.47 Å². The molecule has 0 spiro atoms. The van der Waals surface area contributed by atoms with E-state index in [0.29, 0.717) is 29.5 Å². The van der Waals surface area contributed by atoms with Crippen LogP contribution in [0.2, 0.25) is 0 Å². The molecule has 2 N–H and O–H groups in total. The molecule has 8 heteroatoms. The van der Waals surface area contributed by atoms with Gasteiger partial charge in [-0.2, -0.15) is 0 Å². The Balaban J connectivity index is 0.00000242. The number of halogens is 5. The molecule has 1 aromatic rings. The fourth-order valence-electron chi connectivity index (χ4n) is 2.69. The molecule has 22 heavy (non-hydrogen) atoms. The van der Waals surface area contributed by atoms with E-state index in [-0.39, 0.29) is 18.2 Å². The summed E-state index contributed by atoms with van der Waals surface area (Å²) in [4.78, 5) is 2.30. The second-order valence-corrected chi connectivity index (χ2v) is 6.28. The van der Waals surface area contributed by atoms with Crippen LogP contribution in [0.4, 0.5) is 13.2 Å². The van der Waals surface area contributed by atoms with Crippen molar-refractivity contribution in [2.24, 2.45) is 11.7 Å². The Labute approximate surface area is 142 Å². The number of nitrogens with zero attached hydrogens (tertiary/aromatic N) is 1. The van der Waals surface area contributed by atoms with Gasteiger partial charge >= 0.3 is 6.36 Å². The van der Waals surface area contributed by atoms with Crippen molar-refractivity contribution >= 4 is 28.3 Å². The molecule has 1 aliphatic heterocycles. The summed E-state index contributed by atoms with van der Waals surface area (Å²) in [5.41, 5.74) is 6.64. The molecule has 3 nitrogen and oxygen atoms in total. The molecule has 1 aliphatic rings. The maximum absolute atomic E-state index is 12.2. The second-order valence-electron chi connectivity index (χ2n) is 5.43. The van der Waals surface area contributed by atoms with Crippen LogP contribution < -0.4 is 10.5 Å². The summed E-state index contributed by atoms with van der Waals surface area (Å²) in [7, 11) is 0. The first kappa shape index (κ1) is 19.5. The zero-order chi connectivity index (χ0) is 15.6. The van der Waals surface area contributed by atoms with Crippen LogP contribution in [0.3, 0.4) is 0 Å². The highest BCUT2D eigenvalue weighted by atomic mass is 79.9. The van der Waals surface area contributed by atoms with Gasteiger partial charge in [0.15, 0.2) is 0 Å². The molecule has 2 rings (SSSR count). The maximum atomic E-state index is 12.2. The largest absolute Gasteiger partial charge is 0.573 e. The van der Waals surface area contributed by atoms with Gasteiger partial charge in [0, 0.05) is 19.1 Å². The van der Waals surface area contributed by atoms with Crippen LogP contribution in [-0.2, 0) is 6.54 Å². The summed E-state index contributed by atoms with van der Waals surface area (Å²) < 4.78 is 40.9. The average molecular weight is 404 g/mol. The lowest BCUT2D eigenvalue weighted by Crippen LogP contribution is -2.27. The lowest BCUT2D eigenvalue weighted by atomic mass is 10.1. The van der Waals surface area contributed by atoms with E-state index in [1.807, 2.05) is 0 Å². The summed E-state index contributed by atoms with van der Waals surface area (Å²) in [6, 6.07) is 5.11. The molecule has 2 atom stereocenters. The van der Waals surface area contributed by atoms with E-state index < -0.39 is 6.36 Å². The fourth-order valence-corrected chi connectivity index (χ4v) is 3.20. The average Bonchev–Trinajstić information content (AvgIpc) is 2.72. The molecule has 1 aromatic carbocycles. The molecule has 1 heterocycles. The molecule has 0 amide bonds. The number of rotatable bonds is 4. The topological polar surface area (TPSA) is 38.5 Å². The van der Waals surface area contributed by atoms with Crippen LogP contribution in [0, 0.1) is 5.92 Å². The van der Waals surface area contributed by atoms with Crippen molar-refractivity contribution in [3.05, 3.63) is 28.2 Å². The van der Waals surface area contributed by atoms with E-state index in [1.165, 1.54) is 6.07 Å². The van der Waals surface area contributed by atoms with Crippen molar-refractivity contribution in [3.8, 4) is 5.75 Å². The van der Waals surface area contributed by atoms with Crippen molar-refractivity contribution in [1.82, 2.24) is 4.90 Å². The lowest BCUT2D eigenvalue weighted by Gasteiger charge is -2.21. The first-order chi connectivity index (χ1) is 9.78. The van der Waals surface area contributed by atoms with E-state index in [1.54, 1.807) is 12.1 Å². The number of ether oxygens (including phenoxy) is 1. The molecule has 126 valence electrons. The third-order valence-electron chi connectivity index (χ3n) is 3.73. The van der Waals surface area contributed by atoms with Crippen LogP contribution in [0.1, 0.15) is 18.9 Å². The lowest BCUT2D eigenvalue weighted by molar-refractivity contribution is -0.274. The van der Waals surface area contributed by atoms with Crippen molar-refractivity contribution in [2.75, 3.05) is 13.1 Å². The van der Waals surface area contributed by atoms with E-state index in [0.717, 1.165) is 18.5 Å². The second kappa shape index (κ2) is 7.86. The third kappa shape index (κ3) is 5.30. The fraction of sp³-hybridized carbons (Fsp3) is 0.571. The van der Waals surface area contributed by atoms with E-state index in [9.17, 15) is 13.2 Å². The Morgan fingerprint density at radius 2 is 2.09 bits per heavy atom. The third-order valence-corrected chi connectivity index (χ3v) is 4.35. The predicted octanol–water partition coefficient (Wildman–Crippen LogP) is 3.94. The van der Waals surface area contributed by atoms with Crippen LogP contribution >= 0.6 is 28.3 Å². The number of hydrogen-bond donors (Lipinski definition) is 1. The molecule has 0 saturated carbocycles. The van der Waals surface area contributed by atoms with Gasteiger partial charge in [-0.05, 0) is 59.4 Å². The summed E-state index contributed by atoms with van der Waals surface area (Å²) in [6.07, 6.45) is -3.62. The quantitative estimate of drug-likeness (QED) is 0.827. The summed E-state index contributed by atoms with van der Waals surface area (Å²) in [6.45, 7) is 4.44. The highest BCUT2D eigenvalue weighted by molar-refractivity contribution is 9.10. The minimum Gasteiger partial charge on any atom is -0.405 e.